The van der Waals surface area contributed by atoms with Crippen LogP contribution in [0.5, 0.6) is 0 Å². The first-order valence-electron chi connectivity index (χ1n) is 8.72. The van der Waals surface area contributed by atoms with Crippen LogP contribution in [-0.2, 0) is 0 Å². The Kier molecular flexibility index (Phi) is 5.01. The molecule has 1 aliphatic rings. The van der Waals surface area contributed by atoms with E-state index in [0.717, 1.165) is 16.1 Å². The van der Waals surface area contributed by atoms with Gasteiger partial charge in [0.2, 0.25) is 0 Å². The first-order valence-corrected chi connectivity index (χ1v) is 9.92. The second kappa shape index (κ2) is 7.58. The number of piperazine rings is 1. The smallest absolute Gasteiger partial charge is 0.282 e. The van der Waals surface area contributed by atoms with Crippen LogP contribution in [0.3, 0.4) is 0 Å². The summed E-state index contributed by atoms with van der Waals surface area (Å²) in [6, 6.07) is 15.5. The molecule has 2 N–H and O–H groups in total. The third-order valence-corrected chi connectivity index (χ3v) is 5.92. The summed E-state index contributed by atoms with van der Waals surface area (Å²) in [5.74, 6) is -0.0131. The molecule has 3 aromatic rings. The van der Waals surface area contributed by atoms with Crippen molar-refractivity contribution < 1.29 is 4.79 Å². The molecule has 1 aliphatic heterocycles. The van der Waals surface area contributed by atoms with Gasteiger partial charge in [-0.05, 0) is 23.8 Å². The highest BCUT2D eigenvalue weighted by molar-refractivity contribution is 7.16. The first kappa shape index (κ1) is 17.8. The second-order valence-electron chi connectivity index (χ2n) is 6.38. The third kappa shape index (κ3) is 3.77. The number of nitrogens with two attached hydrogens (primary N) is 1. The zero-order valence-electron chi connectivity index (χ0n) is 14.6. The Bertz CT molecular complexity index is 952. The minimum atomic E-state index is -0.0131. The number of hydrogen-bond donors (Lipinski definition) is 1. The Morgan fingerprint density at radius 1 is 1.07 bits per heavy atom. The van der Waals surface area contributed by atoms with Crippen LogP contribution in [0.15, 0.2) is 54.7 Å². The molecule has 5 nitrogen and oxygen atoms in total. The van der Waals surface area contributed by atoms with Crippen LogP contribution in [0, 0.1) is 0 Å². The standard InChI is InChI=1S/C20H19ClN4OS/c21-15-6-7-16(22)17(12-15)24-8-10-25(11-9-24)20(26)19-23-13-18(27-19)14-4-2-1-3-5-14/h1-7,12-13H,8-11,22H2. The fourth-order valence-corrected chi connectivity index (χ4v) is 4.24. The molecule has 1 saturated heterocycles. The Hall–Kier alpha value is -2.57. The van der Waals surface area contributed by atoms with Crippen molar-refractivity contribution in [2.75, 3.05) is 36.8 Å². The quantitative estimate of drug-likeness (QED) is 0.677. The zero-order valence-corrected chi connectivity index (χ0v) is 16.2. The first-order chi connectivity index (χ1) is 13.1. The summed E-state index contributed by atoms with van der Waals surface area (Å²) in [5.41, 5.74) is 8.78. The number of halogens is 1. The van der Waals surface area contributed by atoms with Crippen molar-refractivity contribution in [2.24, 2.45) is 0 Å². The lowest BCUT2D eigenvalue weighted by Crippen LogP contribution is -2.49. The molecule has 7 heteroatoms. The molecule has 0 saturated carbocycles. The topological polar surface area (TPSA) is 62.5 Å². The van der Waals surface area contributed by atoms with Crippen molar-refractivity contribution in [1.82, 2.24) is 9.88 Å². The summed E-state index contributed by atoms with van der Waals surface area (Å²) < 4.78 is 0. The van der Waals surface area contributed by atoms with E-state index in [1.54, 1.807) is 12.3 Å². The van der Waals surface area contributed by atoms with E-state index in [1.165, 1.54) is 11.3 Å². The molecule has 1 aromatic heterocycles. The van der Waals surface area contributed by atoms with Gasteiger partial charge >= 0.3 is 0 Å². The molecule has 0 aliphatic carbocycles. The van der Waals surface area contributed by atoms with Gasteiger partial charge in [0.15, 0.2) is 5.01 Å². The summed E-state index contributed by atoms with van der Waals surface area (Å²) in [6.45, 7) is 2.69. The Morgan fingerprint density at radius 2 is 1.81 bits per heavy atom. The van der Waals surface area contributed by atoms with Gasteiger partial charge in [-0.2, -0.15) is 0 Å². The largest absolute Gasteiger partial charge is 0.397 e. The number of thiazole rings is 1. The van der Waals surface area contributed by atoms with E-state index in [2.05, 4.69) is 9.88 Å². The summed E-state index contributed by atoms with van der Waals surface area (Å²) in [6.07, 6.45) is 1.77. The fraction of sp³-hybridized carbons (Fsp3) is 0.200. The SMILES string of the molecule is Nc1ccc(Cl)cc1N1CCN(C(=O)c2ncc(-c3ccccc3)s2)CC1. The highest BCUT2D eigenvalue weighted by Gasteiger charge is 2.25. The van der Waals surface area contributed by atoms with Crippen LogP contribution < -0.4 is 10.6 Å². The van der Waals surface area contributed by atoms with Gasteiger partial charge in [0.05, 0.1) is 16.3 Å². The van der Waals surface area contributed by atoms with Gasteiger partial charge < -0.3 is 15.5 Å². The van der Waals surface area contributed by atoms with Crippen molar-refractivity contribution in [3.8, 4) is 10.4 Å². The molecule has 4 rings (SSSR count). The lowest BCUT2D eigenvalue weighted by Gasteiger charge is -2.36. The molecule has 1 fully saturated rings. The van der Waals surface area contributed by atoms with E-state index in [4.69, 9.17) is 17.3 Å². The molecule has 2 heterocycles. The van der Waals surface area contributed by atoms with E-state index >= 15 is 0 Å². The second-order valence-corrected chi connectivity index (χ2v) is 7.85. The van der Waals surface area contributed by atoms with Crippen LogP contribution in [0.1, 0.15) is 9.80 Å². The minimum Gasteiger partial charge on any atom is -0.397 e. The molecule has 0 bridgehead atoms. The highest BCUT2D eigenvalue weighted by Crippen LogP contribution is 2.29. The fourth-order valence-electron chi connectivity index (χ4n) is 3.19. The number of nitrogen functional groups attached to an aromatic ring is 1. The van der Waals surface area contributed by atoms with Gasteiger partial charge in [-0.25, -0.2) is 4.98 Å². The van der Waals surface area contributed by atoms with Gasteiger partial charge in [0, 0.05) is 37.4 Å². The van der Waals surface area contributed by atoms with Crippen molar-refractivity contribution in [3.63, 3.8) is 0 Å². The van der Waals surface area contributed by atoms with Crippen molar-refractivity contribution in [1.29, 1.82) is 0 Å². The molecule has 0 radical (unpaired) electrons. The molecule has 2 aromatic carbocycles. The van der Waals surface area contributed by atoms with Gasteiger partial charge in [-0.15, -0.1) is 11.3 Å². The summed E-state index contributed by atoms with van der Waals surface area (Å²) in [5, 5.41) is 1.19. The number of hydrogen-bond acceptors (Lipinski definition) is 5. The number of nitrogens with zero attached hydrogens (tertiary/aromatic N) is 3. The van der Waals surface area contributed by atoms with E-state index in [-0.39, 0.29) is 5.91 Å². The van der Waals surface area contributed by atoms with Crippen LogP contribution in [-0.4, -0.2) is 42.0 Å². The maximum absolute atomic E-state index is 12.8. The molecule has 27 heavy (non-hydrogen) atoms. The predicted molar refractivity (Wildman–Crippen MR) is 112 cm³/mol. The van der Waals surface area contributed by atoms with Crippen molar-refractivity contribution >= 4 is 40.2 Å². The van der Waals surface area contributed by atoms with Gasteiger partial charge in [-0.1, -0.05) is 41.9 Å². The van der Waals surface area contributed by atoms with E-state index in [1.807, 2.05) is 47.4 Å². The van der Waals surface area contributed by atoms with Crippen LogP contribution in [0.25, 0.3) is 10.4 Å². The van der Waals surface area contributed by atoms with Crippen molar-refractivity contribution in [3.05, 3.63) is 64.8 Å². The molecule has 1 amide bonds. The number of aromatic nitrogens is 1. The number of anilines is 2. The Morgan fingerprint density at radius 3 is 2.56 bits per heavy atom. The third-order valence-electron chi connectivity index (χ3n) is 4.65. The van der Waals surface area contributed by atoms with Gasteiger partial charge in [0.25, 0.3) is 5.91 Å². The Balaban J connectivity index is 1.43. The lowest BCUT2D eigenvalue weighted by molar-refractivity contribution is 0.0746. The number of rotatable bonds is 3. The molecule has 0 unspecified atom stereocenters. The van der Waals surface area contributed by atoms with E-state index < -0.39 is 0 Å². The normalized spacial score (nSPS) is 14.4. The van der Waals surface area contributed by atoms with E-state index in [0.29, 0.717) is 41.9 Å². The summed E-state index contributed by atoms with van der Waals surface area (Å²) in [4.78, 5) is 22.2. The van der Waals surface area contributed by atoms with Crippen molar-refractivity contribution in [2.45, 2.75) is 0 Å². The zero-order chi connectivity index (χ0) is 18.8. The Labute approximate surface area is 167 Å². The highest BCUT2D eigenvalue weighted by atomic mass is 35.5. The molecule has 138 valence electrons. The summed E-state index contributed by atoms with van der Waals surface area (Å²) >= 11 is 7.53. The van der Waals surface area contributed by atoms with Crippen LogP contribution in [0.2, 0.25) is 5.02 Å². The van der Waals surface area contributed by atoms with Gasteiger partial charge in [-0.3, -0.25) is 4.79 Å². The van der Waals surface area contributed by atoms with Gasteiger partial charge in [0.1, 0.15) is 0 Å². The lowest BCUT2D eigenvalue weighted by atomic mass is 10.2. The number of benzene rings is 2. The van der Waals surface area contributed by atoms with E-state index in [9.17, 15) is 4.79 Å². The summed E-state index contributed by atoms with van der Waals surface area (Å²) in [7, 11) is 0. The predicted octanol–water partition coefficient (Wildman–Crippen LogP) is 4.01. The molecule has 0 spiro atoms. The number of amides is 1. The van der Waals surface area contributed by atoms with Crippen LogP contribution in [0.4, 0.5) is 11.4 Å². The number of carbonyl (C=O) groups is 1. The maximum Gasteiger partial charge on any atom is 0.282 e. The minimum absolute atomic E-state index is 0.0131. The average Bonchev–Trinajstić information content (AvgIpc) is 3.20. The maximum atomic E-state index is 12.8. The number of carbonyl (C=O) groups excluding carboxylic acids is 1. The average molecular weight is 399 g/mol. The van der Waals surface area contributed by atoms with Crippen LogP contribution >= 0.6 is 22.9 Å². The molecular weight excluding hydrogens is 380 g/mol. The monoisotopic (exact) mass is 398 g/mol. The molecular formula is C20H19ClN4OS. The molecule has 0 atom stereocenters.